The minimum atomic E-state index is -0.202. The zero-order valence-electron chi connectivity index (χ0n) is 15.5. The summed E-state index contributed by atoms with van der Waals surface area (Å²) < 4.78 is 5.40. The van der Waals surface area contributed by atoms with Gasteiger partial charge in [-0.2, -0.15) is 0 Å². The Morgan fingerprint density at radius 3 is 2.88 bits per heavy atom. The van der Waals surface area contributed by atoms with Crippen molar-refractivity contribution in [3.05, 3.63) is 29.8 Å². The molecule has 0 radical (unpaired) electrons. The lowest BCUT2D eigenvalue weighted by Crippen LogP contribution is -2.50. The van der Waals surface area contributed by atoms with Gasteiger partial charge >= 0.3 is 0 Å². The van der Waals surface area contributed by atoms with Crippen LogP contribution in [0.25, 0.3) is 0 Å². The van der Waals surface area contributed by atoms with Gasteiger partial charge in [0.2, 0.25) is 5.91 Å². The minimum Gasteiger partial charge on any atom is -0.497 e. The summed E-state index contributed by atoms with van der Waals surface area (Å²) in [4.78, 5) is 15.7. The Morgan fingerprint density at radius 1 is 1.36 bits per heavy atom. The van der Waals surface area contributed by atoms with Gasteiger partial charge in [-0.15, -0.1) is 0 Å². The Morgan fingerprint density at radius 2 is 2.24 bits per heavy atom. The number of hydrogen-bond acceptors (Lipinski definition) is 3. The summed E-state index contributed by atoms with van der Waals surface area (Å²) in [6.45, 7) is 1.96. The normalized spacial score (nSPS) is 33.6. The van der Waals surface area contributed by atoms with Gasteiger partial charge in [0.05, 0.1) is 12.5 Å². The van der Waals surface area contributed by atoms with E-state index in [0.29, 0.717) is 17.9 Å². The molecule has 4 rings (SSSR count). The maximum Gasteiger partial charge on any atom is 0.229 e. The number of nitrogens with one attached hydrogen (secondary N) is 1. The van der Waals surface area contributed by atoms with E-state index in [2.05, 4.69) is 22.3 Å². The van der Waals surface area contributed by atoms with Gasteiger partial charge in [-0.3, -0.25) is 4.79 Å². The summed E-state index contributed by atoms with van der Waals surface area (Å²) in [5.41, 5.74) is 1.03. The number of carbonyl (C=O) groups is 1. The van der Waals surface area contributed by atoms with Crippen LogP contribution >= 0.6 is 0 Å². The maximum atomic E-state index is 13.7. The molecular formula is C21H30N2O2. The Kier molecular flexibility index (Phi) is 4.48. The molecule has 136 valence electrons. The van der Waals surface area contributed by atoms with Crippen molar-refractivity contribution in [3.63, 3.8) is 0 Å². The zero-order chi connectivity index (χ0) is 17.4. The van der Waals surface area contributed by atoms with E-state index in [1.165, 1.54) is 24.8 Å². The summed E-state index contributed by atoms with van der Waals surface area (Å²) in [5.74, 6) is 2.57. The summed E-state index contributed by atoms with van der Waals surface area (Å²) in [6.07, 6.45) is 6.77. The predicted octanol–water partition coefficient (Wildman–Crippen LogP) is 2.86. The molecule has 2 bridgehead atoms. The van der Waals surface area contributed by atoms with E-state index in [1.807, 2.05) is 19.2 Å². The molecular weight excluding hydrogens is 312 g/mol. The highest BCUT2D eigenvalue weighted by Gasteiger charge is 2.56. The highest BCUT2D eigenvalue weighted by molar-refractivity contribution is 5.84. The second kappa shape index (κ2) is 6.64. The number of hydrogen-bond donors (Lipinski definition) is 1. The molecule has 3 aliphatic rings. The third kappa shape index (κ3) is 2.95. The molecule has 0 spiro atoms. The van der Waals surface area contributed by atoms with Crippen LogP contribution in [-0.4, -0.2) is 44.1 Å². The Balaban J connectivity index is 1.62. The molecule has 1 saturated heterocycles. The lowest BCUT2D eigenvalue weighted by atomic mass is 9.68. The number of fused-ring (bicyclic) bond motifs is 2. The van der Waals surface area contributed by atoms with E-state index >= 15 is 0 Å². The standard InChI is InChI=1S/C21H30N2O2/c1-23(18-8-9-22-14-18)20(24)21(13-16-6-7-17(21)10-16)12-15-4-3-5-19(11-15)25-2/h3-5,11,16-18,22H,6-10,12-14H2,1-2H3. The molecule has 25 heavy (non-hydrogen) atoms. The van der Waals surface area contributed by atoms with Crippen LogP contribution in [0.1, 0.15) is 37.7 Å². The fourth-order valence-corrected chi connectivity index (χ4v) is 5.63. The number of amides is 1. The van der Waals surface area contributed by atoms with E-state index in [1.54, 1.807) is 7.11 Å². The molecule has 4 heteroatoms. The number of nitrogens with zero attached hydrogens (tertiary/aromatic N) is 1. The van der Waals surface area contributed by atoms with E-state index in [4.69, 9.17) is 4.74 Å². The first-order valence-electron chi connectivity index (χ1n) is 9.73. The Labute approximate surface area is 150 Å². The minimum absolute atomic E-state index is 0.202. The van der Waals surface area contributed by atoms with Gasteiger partial charge in [-0.1, -0.05) is 18.6 Å². The molecule has 4 unspecified atom stereocenters. The Hall–Kier alpha value is -1.55. The first-order valence-corrected chi connectivity index (χ1v) is 9.73. The molecule has 3 fully saturated rings. The smallest absolute Gasteiger partial charge is 0.229 e. The molecule has 4 atom stereocenters. The molecule has 1 amide bonds. The van der Waals surface area contributed by atoms with Crippen LogP contribution < -0.4 is 10.1 Å². The van der Waals surface area contributed by atoms with Gasteiger partial charge in [0.25, 0.3) is 0 Å². The maximum absolute atomic E-state index is 13.7. The molecule has 1 aliphatic heterocycles. The number of likely N-dealkylation sites (N-methyl/N-ethyl adjacent to an activating group) is 1. The van der Waals surface area contributed by atoms with Gasteiger partial charge in [0.15, 0.2) is 0 Å². The first-order chi connectivity index (χ1) is 12.1. The third-order valence-corrected chi connectivity index (χ3v) is 6.96. The van der Waals surface area contributed by atoms with Crippen molar-refractivity contribution in [3.8, 4) is 5.75 Å². The Bertz CT molecular complexity index is 641. The average Bonchev–Trinajstić information content (AvgIpc) is 3.38. The first kappa shape index (κ1) is 16.9. The molecule has 2 saturated carbocycles. The third-order valence-electron chi connectivity index (χ3n) is 6.96. The summed E-state index contributed by atoms with van der Waals surface area (Å²) in [6, 6.07) is 8.65. The van der Waals surface area contributed by atoms with Crippen LogP contribution in [0, 0.1) is 17.3 Å². The SMILES string of the molecule is COc1cccc(CC2(C(=O)N(C)C3CCNC3)CC3CCC2C3)c1. The second-order valence-electron chi connectivity index (χ2n) is 8.33. The predicted molar refractivity (Wildman–Crippen MR) is 98.6 cm³/mol. The van der Waals surface area contributed by atoms with Crippen LogP contribution in [0.5, 0.6) is 5.75 Å². The van der Waals surface area contributed by atoms with Crippen molar-refractivity contribution in [2.45, 2.75) is 44.6 Å². The van der Waals surface area contributed by atoms with Crippen LogP contribution in [-0.2, 0) is 11.2 Å². The topological polar surface area (TPSA) is 41.6 Å². The van der Waals surface area contributed by atoms with Crippen molar-refractivity contribution in [2.24, 2.45) is 17.3 Å². The molecule has 1 aromatic carbocycles. The highest BCUT2D eigenvalue weighted by atomic mass is 16.5. The van der Waals surface area contributed by atoms with Crippen molar-refractivity contribution >= 4 is 5.91 Å². The molecule has 2 aliphatic carbocycles. The van der Waals surface area contributed by atoms with Gasteiger partial charge in [0, 0.05) is 19.6 Å². The van der Waals surface area contributed by atoms with Crippen LogP contribution in [0.4, 0.5) is 0 Å². The molecule has 1 aromatic rings. The average molecular weight is 342 g/mol. The van der Waals surface area contributed by atoms with Crippen LogP contribution in [0.2, 0.25) is 0 Å². The van der Waals surface area contributed by atoms with Gasteiger partial charge in [0.1, 0.15) is 5.75 Å². The lowest BCUT2D eigenvalue weighted by Gasteiger charge is -2.41. The molecule has 1 N–H and O–H groups in total. The van der Waals surface area contributed by atoms with Gasteiger partial charge in [-0.25, -0.2) is 0 Å². The number of carbonyl (C=O) groups excluding carboxylic acids is 1. The largest absolute Gasteiger partial charge is 0.497 e. The fourth-order valence-electron chi connectivity index (χ4n) is 5.63. The molecule has 4 nitrogen and oxygen atoms in total. The van der Waals surface area contributed by atoms with E-state index in [-0.39, 0.29) is 5.41 Å². The number of methoxy groups -OCH3 is 1. The van der Waals surface area contributed by atoms with Crippen LogP contribution in [0.15, 0.2) is 24.3 Å². The second-order valence-corrected chi connectivity index (χ2v) is 8.33. The van der Waals surface area contributed by atoms with E-state index in [0.717, 1.165) is 44.0 Å². The fraction of sp³-hybridized carbons (Fsp3) is 0.667. The van der Waals surface area contributed by atoms with Crippen molar-refractivity contribution < 1.29 is 9.53 Å². The number of ether oxygens (including phenoxy) is 1. The highest BCUT2D eigenvalue weighted by Crippen LogP contribution is 2.58. The van der Waals surface area contributed by atoms with Crippen molar-refractivity contribution in [1.82, 2.24) is 10.2 Å². The molecule has 1 heterocycles. The quantitative estimate of drug-likeness (QED) is 0.895. The molecule has 0 aromatic heterocycles. The monoisotopic (exact) mass is 342 g/mol. The zero-order valence-corrected chi connectivity index (χ0v) is 15.5. The van der Waals surface area contributed by atoms with Crippen molar-refractivity contribution in [1.29, 1.82) is 0 Å². The lowest BCUT2D eigenvalue weighted by molar-refractivity contribution is -0.146. The van der Waals surface area contributed by atoms with Gasteiger partial charge < -0.3 is 15.0 Å². The number of rotatable bonds is 5. The number of benzene rings is 1. The van der Waals surface area contributed by atoms with E-state index < -0.39 is 0 Å². The summed E-state index contributed by atoms with van der Waals surface area (Å²) in [5, 5.41) is 3.40. The summed E-state index contributed by atoms with van der Waals surface area (Å²) >= 11 is 0. The van der Waals surface area contributed by atoms with Gasteiger partial charge in [-0.05, 0) is 68.2 Å². The summed E-state index contributed by atoms with van der Waals surface area (Å²) in [7, 11) is 3.73. The van der Waals surface area contributed by atoms with Crippen molar-refractivity contribution in [2.75, 3.05) is 27.2 Å². The van der Waals surface area contributed by atoms with Crippen LogP contribution in [0.3, 0.4) is 0 Å². The van der Waals surface area contributed by atoms with E-state index in [9.17, 15) is 4.79 Å².